The van der Waals surface area contributed by atoms with E-state index >= 15 is 0 Å². The second-order valence-electron chi connectivity index (χ2n) is 7.46. The molecule has 0 spiro atoms. The second kappa shape index (κ2) is 6.48. The first kappa shape index (κ1) is 18.0. The van der Waals surface area contributed by atoms with Crippen LogP contribution in [0.5, 0.6) is 5.75 Å². The first-order chi connectivity index (χ1) is 12.2. The maximum atomic E-state index is 12.5. The Labute approximate surface area is 152 Å². The van der Waals surface area contributed by atoms with Crippen molar-refractivity contribution >= 4 is 23.2 Å². The van der Waals surface area contributed by atoms with Crippen LogP contribution in [0.25, 0.3) is 0 Å². The molecule has 1 aromatic heterocycles. The molecule has 138 valence electrons. The van der Waals surface area contributed by atoms with Crippen molar-refractivity contribution in [1.29, 1.82) is 0 Å². The van der Waals surface area contributed by atoms with E-state index in [0.29, 0.717) is 29.4 Å². The van der Waals surface area contributed by atoms with E-state index in [0.717, 1.165) is 11.3 Å². The van der Waals surface area contributed by atoms with Gasteiger partial charge in [0.2, 0.25) is 5.91 Å². The number of hydrogen-bond donors (Lipinski definition) is 1. The Kier molecular flexibility index (Phi) is 4.48. The number of carbonyl (C=O) groups is 2. The summed E-state index contributed by atoms with van der Waals surface area (Å²) < 4.78 is 10.7. The van der Waals surface area contributed by atoms with Crippen LogP contribution in [0.2, 0.25) is 0 Å². The molecule has 7 heteroatoms. The lowest BCUT2D eigenvalue weighted by atomic mass is 9.95. The maximum absolute atomic E-state index is 12.5. The number of aromatic nitrogens is 1. The number of amides is 2. The highest BCUT2D eigenvalue weighted by molar-refractivity contribution is 6.00. The highest BCUT2D eigenvalue weighted by Gasteiger charge is 2.28. The largest absolute Gasteiger partial charge is 0.482 e. The molecule has 2 aromatic rings. The van der Waals surface area contributed by atoms with Gasteiger partial charge in [0.15, 0.2) is 6.61 Å². The van der Waals surface area contributed by atoms with Gasteiger partial charge in [-0.1, -0.05) is 25.9 Å². The molecule has 1 aromatic carbocycles. The van der Waals surface area contributed by atoms with Gasteiger partial charge in [-0.2, -0.15) is 0 Å². The Balaban J connectivity index is 1.93. The Bertz CT molecular complexity index is 845. The van der Waals surface area contributed by atoms with Crippen LogP contribution in [0.3, 0.4) is 0 Å². The minimum atomic E-state index is -0.515. The van der Waals surface area contributed by atoms with Crippen molar-refractivity contribution in [2.75, 3.05) is 16.8 Å². The fourth-order valence-electron chi connectivity index (χ4n) is 2.66. The van der Waals surface area contributed by atoms with E-state index in [1.807, 2.05) is 34.6 Å². The summed E-state index contributed by atoms with van der Waals surface area (Å²) in [4.78, 5) is 26.3. The molecule has 26 heavy (non-hydrogen) atoms. The molecule has 1 aliphatic rings. The molecule has 7 nitrogen and oxygen atoms in total. The molecular formula is C19H23N3O4. The standard InChI is InChI=1S/C19H23N3O4/c1-11-14(12(2)26-21-11)9-22-15-8-13(20-18(24)19(3,4)5)6-7-16(15)25-10-17(22)23/h6-8H,9-10H2,1-5H3,(H,20,24). The van der Waals surface area contributed by atoms with Crippen molar-refractivity contribution < 1.29 is 18.8 Å². The smallest absolute Gasteiger partial charge is 0.265 e. The Morgan fingerprint density at radius 1 is 1.31 bits per heavy atom. The molecule has 0 radical (unpaired) electrons. The minimum Gasteiger partial charge on any atom is -0.482 e. The zero-order valence-corrected chi connectivity index (χ0v) is 15.7. The average Bonchev–Trinajstić information content (AvgIpc) is 2.88. The van der Waals surface area contributed by atoms with E-state index in [1.54, 1.807) is 23.1 Å². The molecule has 0 atom stereocenters. The lowest BCUT2D eigenvalue weighted by Gasteiger charge is -2.30. The van der Waals surface area contributed by atoms with Crippen LogP contribution in [0.1, 0.15) is 37.8 Å². The molecule has 1 N–H and O–H groups in total. The van der Waals surface area contributed by atoms with Crippen LogP contribution in [0.4, 0.5) is 11.4 Å². The van der Waals surface area contributed by atoms with E-state index in [9.17, 15) is 9.59 Å². The number of benzene rings is 1. The predicted octanol–water partition coefficient (Wildman–Crippen LogP) is 3.20. The van der Waals surface area contributed by atoms with Gasteiger partial charge in [-0.3, -0.25) is 9.59 Å². The average molecular weight is 357 g/mol. The molecule has 2 amide bonds. The molecule has 0 aliphatic carbocycles. The topological polar surface area (TPSA) is 84.7 Å². The maximum Gasteiger partial charge on any atom is 0.265 e. The fraction of sp³-hybridized carbons (Fsp3) is 0.421. The van der Waals surface area contributed by atoms with E-state index < -0.39 is 5.41 Å². The molecule has 2 heterocycles. The lowest BCUT2D eigenvalue weighted by Crippen LogP contribution is -2.38. The van der Waals surface area contributed by atoms with Crippen LogP contribution in [0, 0.1) is 19.3 Å². The summed E-state index contributed by atoms with van der Waals surface area (Å²) in [6.07, 6.45) is 0. The fourth-order valence-corrected chi connectivity index (χ4v) is 2.66. The number of aryl methyl sites for hydroxylation is 2. The number of nitrogens with one attached hydrogen (secondary N) is 1. The van der Waals surface area contributed by atoms with Gasteiger partial charge in [0.05, 0.1) is 17.9 Å². The van der Waals surface area contributed by atoms with Crippen LogP contribution in [0.15, 0.2) is 22.7 Å². The molecule has 0 bridgehead atoms. The van der Waals surface area contributed by atoms with Crippen LogP contribution < -0.4 is 15.0 Å². The van der Waals surface area contributed by atoms with E-state index in [2.05, 4.69) is 10.5 Å². The van der Waals surface area contributed by atoms with E-state index in [4.69, 9.17) is 9.26 Å². The Morgan fingerprint density at radius 3 is 2.65 bits per heavy atom. The second-order valence-corrected chi connectivity index (χ2v) is 7.46. The number of rotatable bonds is 3. The molecule has 0 saturated heterocycles. The highest BCUT2D eigenvalue weighted by atomic mass is 16.5. The summed E-state index contributed by atoms with van der Waals surface area (Å²) in [6.45, 7) is 9.52. The first-order valence-electron chi connectivity index (χ1n) is 8.47. The Morgan fingerprint density at radius 2 is 2.04 bits per heavy atom. The van der Waals surface area contributed by atoms with Crippen molar-refractivity contribution in [3.05, 3.63) is 35.2 Å². The summed E-state index contributed by atoms with van der Waals surface area (Å²) in [6, 6.07) is 5.29. The van der Waals surface area contributed by atoms with Gasteiger partial charge in [-0.15, -0.1) is 0 Å². The van der Waals surface area contributed by atoms with Crippen molar-refractivity contribution in [3.8, 4) is 5.75 Å². The zero-order valence-electron chi connectivity index (χ0n) is 15.7. The number of carbonyl (C=O) groups excluding carboxylic acids is 2. The number of nitrogens with zero attached hydrogens (tertiary/aromatic N) is 2. The summed E-state index contributed by atoms with van der Waals surface area (Å²) in [7, 11) is 0. The number of hydrogen-bond acceptors (Lipinski definition) is 5. The van der Waals surface area contributed by atoms with Gasteiger partial charge in [-0.05, 0) is 32.0 Å². The Hall–Kier alpha value is -2.83. The molecule has 3 rings (SSSR count). The van der Waals surface area contributed by atoms with E-state index in [-0.39, 0.29) is 18.4 Å². The van der Waals surface area contributed by atoms with Gasteiger partial charge >= 0.3 is 0 Å². The lowest BCUT2D eigenvalue weighted by molar-refractivity contribution is -0.123. The molecule has 0 fully saturated rings. The molecule has 0 saturated carbocycles. The van der Waals surface area contributed by atoms with Crippen molar-refractivity contribution in [2.24, 2.45) is 5.41 Å². The van der Waals surface area contributed by atoms with Crippen molar-refractivity contribution in [2.45, 2.75) is 41.2 Å². The number of ether oxygens (including phenoxy) is 1. The molecule has 0 unspecified atom stereocenters. The van der Waals surface area contributed by atoms with Crippen molar-refractivity contribution in [1.82, 2.24) is 5.16 Å². The highest BCUT2D eigenvalue weighted by Crippen LogP contribution is 2.36. The van der Waals surface area contributed by atoms with Gasteiger partial charge in [0.1, 0.15) is 11.5 Å². The molecule has 1 aliphatic heterocycles. The van der Waals surface area contributed by atoms with Crippen LogP contribution in [-0.4, -0.2) is 23.6 Å². The summed E-state index contributed by atoms with van der Waals surface area (Å²) in [5, 5.41) is 6.83. The predicted molar refractivity (Wildman–Crippen MR) is 97.2 cm³/mol. The summed E-state index contributed by atoms with van der Waals surface area (Å²) in [5.41, 5.74) is 2.34. The quantitative estimate of drug-likeness (QED) is 0.912. The minimum absolute atomic E-state index is 0.0237. The molecular weight excluding hydrogens is 334 g/mol. The number of fused-ring (bicyclic) bond motifs is 1. The monoisotopic (exact) mass is 357 g/mol. The first-order valence-corrected chi connectivity index (χ1v) is 8.47. The van der Waals surface area contributed by atoms with Gasteiger partial charge in [-0.25, -0.2) is 0 Å². The van der Waals surface area contributed by atoms with Crippen LogP contribution >= 0.6 is 0 Å². The summed E-state index contributed by atoms with van der Waals surface area (Å²) >= 11 is 0. The van der Waals surface area contributed by atoms with Crippen LogP contribution in [-0.2, 0) is 16.1 Å². The van der Waals surface area contributed by atoms with Crippen molar-refractivity contribution in [3.63, 3.8) is 0 Å². The normalized spacial score (nSPS) is 14.0. The summed E-state index contributed by atoms with van der Waals surface area (Å²) in [5.74, 6) is 1.03. The van der Waals surface area contributed by atoms with E-state index in [1.165, 1.54) is 0 Å². The number of anilines is 2. The third-order valence-corrected chi connectivity index (χ3v) is 4.34. The third kappa shape index (κ3) is 3.42. The van der Waals surface area contributed by atoms with Gasteiger partial charge in [0, 0.05) is 16.7 Å². The van der Waals surface area contributed by atoms with Gasteiger partial charge in [0.25, 0.3) is 5.91 Å². The zero-order chi connectivity index (χ0) is 19.1. The SMILES string of the molecule is Cc1noc(C)c1CN1C(=O)COc2ccc(NC(=O)C(C)(C)C)cc21. The van der Waals surface area contributed by atoms with Gasteiger partial charge < -0.3 is 19.5 Å². The third-order valence-electron chi connectivity index (χ3n) is 4.34.